The molecule has 0 bridgehead atoms. The van der Waals surface area contributed by atoms with Gasteiger partial charge in [-0.25, -0.2) is 0 Å². The van der Waals surface area contributed by atoms with E-state index in [1.54, 1.807) is 28.9 Å². The predicted molar refractivity (Wildman–Crippen MR) is 61.6 cm³/mol. The average Bonchev–Trinajstić information content (AvgIpc) is 2.82. The van der Waals surface area contributed by atoms with Crippen molar-refractivity contribution < 1.29 is 4.79 Å². The van der Waals surface area contributed by atoms with Gasteiger partial charge >= 0.3 is 0 Å². The van der Waals surface area contributed by atoms with Gasteiger partial charge < -0.3 is 0 Å². The summed E-state index contributed by atoms with van der Waals surface area (Å²) in [6, 6.07) is 9.01. The van der Waals surface area contributed by atoms with E-state index in [1.165, 1.54) is 0 Å². The number of nitrogens with zero attached hydrogens (tertiary/aromatic N) is 4. The highest BCUT2D eigenvalue weighted by atomic mass is 16.1. The fourth-order valence-corrected chi connectivity index (χ4v) is 1.65. The number of aromatic nitrogens is 4. The maximum absolute atomic E-state index is 10.7. The van der Waals surface area contributed by atoms with Crippen LogP contribution in [-0.4, -0.2) is 25.9 Å². The molecule has 0 N–H and O–H groups in total. The average molecular weight is 224 g/mol. The minimum atomic E-state index is 0.581. The van der Waals surface area contributed by atoms with Crippen LogP contribution in [0.4, 0.5) is 0 Å². The SMILES string of the molecule is O=Cc1ccn2c(-c3ccccn3)nnc2c1. The summed E-state index contributed by atoms with van der Waals surface area (Å²) in [5.74, 6) is 0.665. The first kappa shape index (κ1) is 9.65. The van der Waals surface area contributed by atoms with E-state index in [2.05, 4.69) is 15.2 Å². The molecule has 82 valence electrons. The molecule has 0 aliphatic rings. The van der Waals surface area contributed by atoms with Gasteiger partial charge in [0.15, 0.2) is 11.5 Å². The Morgan fingerprint density at radius 3 is 2.88 bits per heavy atom. The van der Waals surface area contributed by atoms with Gasteiger partial charge in [-0.1, -0.05) is 6.07 Å². The smallest absolute Gasteiger partial charge is 0.186 e. The van der Waals surface area contributed by atoms with Crippen LogP contribution in [0.2, 0.25) is 0 Å². The van der Waals surface area contributed by atoms with Crippen LogP contribution in [0.3, 0.4) is 0 Å². The fraction of sp³-hybridized carbons (Fsp3) is 0. The molecule has 0 aromatic carbocycles. The second kappa shape index (κ2) is 3.79. The molecular formula is C12H8N4O. The van der Waals surface area contributed by atoms with Gasteiger partial charge in [0.05, 0.1) is 0 Å². The van der Waals surface area contributed by atoms with Gasteiger partial charge in [0, 0.05) is 18.0 Å². The molecule has 3 rings (SSSR count). The molecule has 0 unspecified atom stereocenters. The molecule has 5 nitrogen and oxygen atoms in total. The molecule has 3 aromatic rings. The summed E-state index contributed by atoms with van der Waals surface area (Å²) in [4.78, 5) is 14.9. The van der Waals surface area contributed by atoms with Gasteiger partial charge in [-0.2, -0.15) is 0 Å². The Kier molecular flexibility index (Phi) is 2.15. The number of fused-ring (bicyclic) bond motifs is 1. The fourth-order valence-electron chi connectivity index (χ4n) is 1.65. The number of hydrogen-bond donors (Lipinski definition) is 0. The zero-order valence-corrected chi connectivity index (χ0v) is 8.82. The topological polar surface area (TPSA) is 60.2 Å². The molecule has 17 heavy (non-hydrogen) atoms. The summed E-state index contributed by atoms with van der Waals surface area (Å²) < 4.78 is 1.80. The minimum Gasteiger partial charge on any atom is -0.298 e. The van der Waals surface area contributed by atoms with Crippen LogP contribution in [0.1, 0.15) is 10.4 Å². The summed E-state index contributed by atoms with van der Waals surface area (Å²) in [5, 5.41) is 8.09. The summed E-state index contributed by atoms with van der Waals surface area (Å²) in [5.41, 5.74) is 1.96. The van der Waals surface area contributed by atoms with Gasteiger partial charge in [0.1, 0.15) is 12.0 Å². The van der Waals surface area contributed by atoms with E-state index in [-0.39, 0.29) is 0 Å². The Labute approximate surface area is 96.8 Å². The standard InChI is InChI=1S/C12H8N4O/c17-8-9-4-6-16-11(7-9)14-15-12(16)10-3-1-2-5-13-10/h1-8H. The van der Waals surface area contributed by atoms with Gasteiger partial charge in [-0.3, -0.25) is 14.2 Å². The molecule has 0 saturated heterocycles. The molecule has 0 saturated carbocycles. The highest BCUT2D eigenvalue weighted by molar-refractivity contribution is 5.77. The van der Waals surface area contributed by atoms with Crippen molar-refractivity contribution in [2.24, 2.45) is 0 Å². The third kappa shape index (κ3) is 1.57. The minimum absolute atomic E-state index is 0.581. The van der Waals surface area contributed by atoms with Crippen LogP contribution in [0, 0.1) is 0 Å². The maximum Gasteiger partial charge on any atom is 0.186 e. The lowest BCUT2D eigenvalue weighted by molar-refractivity contribution is 0.112. The van der Waals surface area contributed by atoms with Crippen molar-refractivity contribution in [3.05, 3.63) is 48.3 Å². The summed E-state index contributed by atoms with van der Waals surface area (Å²) >= 11 is 0. The van der Waals surface area contributed by atoms with E-state index in [9.17, 15) is 4.79 Å². The van der Waals surface area contributed by atoms with Crippen LogP contribution in [0.25, 0.3) is 17.2 Å². The molecule has 0 spiro atoms. The highest BCUT2D eigenvalue weighted by Crippen LogP contribution is 2.15. The molecule has 3 heterocycles. The first-order valence-electron chi connectivity index (χ1n) is 5.10. The number of carbonyl (C=O) groups is 1. The van der Waals surface area contributed by atoms with E-state index < -0.39 is 0 Å². The molecule has 0 fully saturated rings. The summed E-state index contributed by atoms with van der Waals surface area (Å²) in [7, 11) is 0. The van der Waals surface area contributed by atoms with Crippen LogP contribution in [0.15, 0.2) is 42.7 Å². The van der Waals surface area contributed by atoms with Gasteiger partial charge in [0.25, 0.3) is 0 Å². The van der Waals surface area contributed by atoms with Gasteiger partial charge in [-0.15, -0.1) is 10.2 Å². The van der Waals surface area contributed by atoms with Crippen LogP contribution in [0.5, 0.6) is 0 Å². The molecule has 0 radical (unpaired) electrons. The van der Waals surface area contributed by atoms with Crippen molar-refractivity contribution in [1.82, 2.24) is 19.6 Å². The maximum atomic E-state index is 10.7. The number of rotatable bonds is 2. The Hall–Kier alpha value is -2.56. The monoisotopic (exact) mass is 224 g/mol. The molecule has 0 aliphatic heterocycles. The number of hydrogen-bond acceptors (Lipinski definition) is 4. The van der Waals surface area contributed by atoms with E-state index in [0.717, 1.165) is 12.0 Å². The normalized spacial score (nSPS) is 10.6. The Balaban J connectivity index is 2.22. The van der Waals surface area contributed by atoms with Crippen molar-refractivity contribution in [2.75, 3.05) is 0 Å². The zero-order chi connectivity index (χ0) is 11.7. The van der Waals surface area contributed by atoms with Crippen molar-refractivity contribution in [2.45, 2.75) is 0 Å². The summed E-state index contributed by atoms with van der Waals surface area (Å²) in [6.07, 6.45) is 4.26. The largest absolute Gasteiger partial charge is 0.298 e. The quantitative estimate of drug-likeness (QED) is 0.620. The lowest BCUT2D eigenvalue weighted by atomic mass is 10.3. The predicted octanol–water partition coefficient (Wildman–Crippen LogP) is 1.60. The lowest BCUT2D eigenvalue weighted by Crippen LogP contribution is -1.92. The van der Waals surface area contributed by atoms with Crippen molar-refractivity contribution in [1.29, 1.82) is 0 Å². The van der Waals surface area contributed by atoms with E-state index >= 15 is 0 Å². The Bertz CT molecular complexity index is 675. The molecule has 0 amide bonds. The third-order valence-electron chi connectivity index (χ3n) is 2.46. The van der Waals surface area contributed by atoms with E-state index in [0.29, 0.717) is 17.0 Å². The first-order chi connectivity index (χ1) is 8.38. The first-order valence-corrected chi connectivity index (χ1v) is 5.10. The van der Waals surface area contributed by atoms with Crippen molar-refractivity contribution >= 4 is 11.9 Å². The number of carbonyl (C=O) groups excluding carboxylic acids is 1. The molecule has 3 aromatic heterocycles. The highest BCUT2D eigenvalue weighted by Gasteiger charge is 2.08. The lowest BCUT2D eigenvalue weighted by Gasteiger charge is -1.98. The Morgan fingerprint density at radius 1 is 1.18 bits per heavy atom. The van der Waals surface area contributed by atoms with Gasteiger partial charge in [-0.05, 0) is 24.3 Å². The number of pyridine rings is 2. The molecule has 0 atom stereocenters. The number of aldehydes is 1. The molecular weight excluding hydrogens is 216 g/mol. The van der Waals surface area contributed by atoms with Crippen LogP contribution < -0.4 is 0 Å². The van der Waals surface area contributed by atoms with E-state index in [1.807, 2.05) is 18.2 Å². The van der Waals surface area contributed by atoms with Crippen LogP contribution in [-0.2, 0) is 0 Å². The van der Waals surface area contributed by atoms with Crippen molar-refractivity contribution in [3.63, 3.8) is 0 Å². The zero-order valence-electron chi connectivity index (χ0n) is 8.82. The van der Waals surface area contributed by atoms with Gasteiger partial charge in [0.2, 0.25) is 0 Å². The second-order valence-corrected chi connectivity index (χ2v) is 3.54. The van der Waals surface area contributed by atoms with Crippen LogP contribution >= 0.6 is 0 Å². The molecule has 0 aliphatic carbocycles. The Morgan fingerprint density at radius 2 is 2.12 bits per heavy atom. The summed E-state index contributed by atoms with van der Waals surface area (Å²) in [6.45, 7) is 0. The van der Waals surface area contributed by atoms with E-state index in [4.69, 9.17) is 0 Å². The molecule has 5 heteroatoms. The van der Waals surface area contributed by atoms with Crippen molar-refractivity contribution in [3.8, 4) is 11.5 Å². The third-order valence-corrected chi connectivity index (χ3v) is 2.46. The second-order valence-electron chi connectivity index (χ2n) is 3.54.